The molecule has 0 aliphatic carbocycles. The van der Waals surface area contributed by atoms with E-state index in [9.17, 15) is 4.57 Å². The zero-order valence-corrected chi connectivity index (χ0v) is 18.6. The van der Waals surface area contributed by atoms with Crippen molar-refractivity contribution >= 4 is 13.3 Å². The van der Waals surface area contributed by atoms with Crippen LogP contribution in [0.25, 0.3) is 0 Å². The van der Waals surface area contributed by atoms with E-state index in [1.165, 1.54) is 0 Å². The Morgan fingerprint density at radius 1 is 0.594 bits per heavy atom. The second kappa shape index (κ2) is 10.9. The summed E-state index contributed by atoms with van der Waals surface area (Å²) in [6.07, 6.45) is 0. The molecule has 4 aromatic carbocycles. The molecule has 1 atom stereocenters. The zero-order valence-electron chi connectivity index (χ0n) is 17.7. The van der Waals surface area contributed by atoms with E-state index >= 15 is 0 Å². The summed E-state index contributed by atoms with van der Waals surface area (Å²) in [7, 11) is -3.66. The van der Waals surface area contributed by atoms with E-state index in [4.69, 9.17) is 9.05 Å². The highest BCUT2D eigenvalue weighted by molar-refractivity contribution is 7.54. The van der Waals surface area contributed by atoms with Crippen molar-refractivity contribution in [1.29, 1.82) is 0 Å². The summed E-state index contributed by atoms with van der Waals surface area (Å²) in [4.78, 5) is 0. The number of hydrogen-bond acceptors (Lipinski definition) is 4. The van der Waals surface area contributed by atoms with Crippen LogP contribution in [0, 0.1) is 0 Å². The van der Waals surface area contributed by atoms with E-state index in [0.717, 1.165) is 22.4 Å². The summed E-state index contributed by atoms with van der Waals surface area (Å²) in [6, 6.07) is 38.8. The molecular formula is C27H26NO3P. The molecule has 0 saturated carbocycles. The minimum absolute atomic E-state index is 0.187. The Bertz CT molecular complexity index is 1080. The van der Waals surface area contributed by atoms with Crippen molar-refractivity contribution in [3.05, 3.63) is 138 Å². The Hall–Kier alpha value is -3.17. The smallest absolute Gasteiger partial charge is 0.357 e. The fourth-order valence-electron chi connectivity index (χ4n) is 3.34. The van der Waals surface area contributed by atoms with E-state index in [1.54, 1.807) is 0 Å². The lowest BCUT2D eigenvalue weighted by Gasteiger charge is -2.29. The largest absolute Gasteiger partial charge is 0.368 e. The van der Waals surface area contributed by atoms with E-state index in [1.807, 2.05) is 121 Å². The Labute approximate surface area is 189 Å². The van der Waals surface area contributed by atoms with Gasteiger partial charge in [-0.2, -0.15) is 0 Å². The number of rotatable bonds is 10. The van der Waals surface area contributed by atoms with E-state index < -0.39 is 13.4 Å². The van der Waals surface area contributed by atoms with Crippen LogP contribution in [0.2, 0.25) is 0 Å². The van der Waals surface area contributed by atoms with Crippen LogP contribution in [0.1, 0.15) is 22.5 Å². The van der Waals surface area contributed by atoms with Gasteiger partial charge >= 0.3 is 7.60 Å². The SMILES string of the molecule is O=P(OCc1ccccc1)(OCc1ccccc1)[C@H](Nc1ccccc1)c1ccccc1. The highest BCUT2D eigenvalue weighted by Gasteiger charge is 2.38. The normalized spacial score (nSPS) is 12.2. The maximum absolute atomic E-state index is 14.4. The summed E-state index contributed by atoms with van der Waals surface area (Å²) < 4.78 is 26.6. The molecule has 0 aromatic heterocycles. The second-order valence-corrected chi connectivity index (χ2v) is 9.49. The first-order valence-corrected chi connectivity index (χ1v) is 12.2. The van der Waals surface area contributed by atoms with Gasteiger partial charge in [0.2, 0.25) is 0 Å². The van der Waals surface area contributed by atoms with Gasteiger partial charge in [0.15, 0.2) is 5.78 Å². The van der Waals surface area contributed by atoms with E-state index in [2.05, 4.69) is 5.32 Å². The molecule has 0 radical (unpaired) electrons. The molecule has 4 rings (SSSR count). The number of benzene rings is 4. The number of nitrogens with one attached hydrogen (secondary N) is 1. The summed E-state index contributed by atoms with van der Waals surface area (Å²) in [5.41, 5.74) is 3.54. The van der Waals surface area contributed by atoms with Crippen LogP contribution in [0.15, 0.2) is 121 Å². The molecule has 5 heteroatoms. The van der Waals surface area contributed by atoms with E-state index in [-0.39, 0.29) is 13.2 Å². The minimum Gasteiger partial charge on any atom is -0.368 e. The Morgan fingerprint density at radius 3 is 1.47 bits per heavy atom. The van der Waals surface area contributed by atoms with Gasteiger partial charge in [0.25, 0.3) is 0 Å². The molecule has 0 aliphatic heterocycles. The molecule has 162 valence electrons. The monoisotopic (exact) mass is 443 g/mol. The maximum Gasteiger partial charge on any atom is 0.357 e. The van der Waals surface area contributed by atoms with Crippen LogP contribution < -0.4 is 5.32 Å². The zero-order chi connectivity index (χ0) is 22.1. The van der Waals surface area contributed by atoms with Crippen molar-refractivity contribution in [1.82, 2.24) is 0 Å². The van der Waals surface area contributed by atoms with Crippen LogP contribution in [0.3, 0.4) is 0 Å². The Balaban J connectivity index is 1.66. The van der Waals surface area contributed by atoms with Crippen molar-refractivity contribution in [2.45, 2.75) is 19.0 Å². The molecule has 0 spiro atoms. The molecule has 32 heavy (non-hydrogen) atoms. The lowest BCUT2D eigenvalue weighted by molar-refractivity contribution is 0.185. The fraction of sp³-hybridized carbons (Fsp3) is 0.111. The molecule has 0 heterocycles. The first-order valence-electron chi connectivity index (χ1n) is 10.6. The summed E-state index contributed by atoms with van der Waals surface area (Å²) in [5.74, 6) is -0.668. The van der Waals surface area contributed by atoms with Gasteiger partial charge in [0.1, 0.15) is 0 Å². The predicted molar refractivity (Wildman–Crippen MR) is 129 cm³/mol. The molecule has 0 unspecified atom stereocenters. The molecule has 0 amide bonds. The molecule has 0 saturated heterocycles. The Kier molecular flexibility index (Phi) is 7.52. The highest BCUT2D eigenvalue weighted by Crippen LogP contribution is 2.61. The van der Waals surface area contributed by atoms with Crippen molar-refractivity contribution in [2.75, 3.05) is 5.32 Å². The first-order chi connectivity index (χ1) is 15.7. The van der Waals surface area contributed by atoms with Crippen LogP contribution in [0.4, 0.5) is 5.69 Å². The molecular weight excluding hydrogens is 417 g/mol. The van der Waals surface area contributed by atoms with Gasteiger partial charge in [0.05, 0.1) is 13.2 Å². The Morgan fingerprint density at radius 2 is 1.00 bits per heavy atom. The number of anilines is 1. The van der Waals surface area contributed by atoms with Crippen molar-refractivity contribution in [3.8, 4) is 0 Å². The van der Waals surface area contributed by atoms with Gasteiger partial charge in [-0.3, -0.25) is 4.57 Å². The van der Waals surface area contributed by atoms with Gasteiger partial charge in [-0.1, -0.05) is 109 Å². The maximum atomic E-state index is 14.4. The second-order valence-electron chi connectivity index (χ2n) is 7.38. The number of para-hydroxylation sites is 1. The standard InChI is InChI=1S/C27H26NO3P/c29-32(30-21-23-13-5-1-6-14-23,31-22-24-15-7-2-8-16-24)27(25-17-9-3-10-18-25)28-26-19-11-4-12-20-26/h1-20,27-28H,21-22H2/t27-/m0/s1. The van der Waals surface area contributed by atoms with Gasteiger partial charge in [-0.15, -0.1) is 0 Å². The number of hydrogen-bond donors (Lipinski definition) is 1. The van der Waals surface area contributed by atoms with Crippen LogP contribution in [-0.2, 0) is 26.8 Å². The third-order valence-electron chi connectivity index (χ3n) is 5.02. The third-order valence-corrected chi connectivity index (χ3v) is 7.05. The van der Waals surface area contributed by atoms with Crippen LogP contribution in [-0.4, -0.2) is 0 Å². The topological polar surface area (TPSA) is 47.6 Å². The summed E-state index contributed by atoms with van der Waals surface area (Å²) >= 11 is 0. The first kappa shape index (κ1) is 22.0. The lowest BCUT2D eigenvalue weighted by atomic mass is 10.2. The molecule has 0 bridgehead atoms. The average Bonchev–Trinajstić information content (AvgIpc) is 2.87. The van der Waals surface area contributed by atoms with Crippen LogP contribution in [0.5, 0.6) is 0 Å². The van der Waals surface area contributed by atoms with Gasteiger partial charge in [-0.25, -0.2) is 0 Å². The van der Waals surface area contributed by atoms with Crippen molar-refractivity contribution in [2.24, 2.45) is 0 Å². The van der Waals surface area contributed by atoms with Gasteiger partial charge in [-0.05, 0) is 28.8 Å². The summed E-state index contributed by atoms with van der Waals surface area (Å²) in [5, 5.41) is 3.40. The third kappa shape index (κ3) is 5.95. The summed E-state index contributed by atoms with van der Waals surface area (Å²) in [6.45, 7) is 0.374. The fourth-order valence-corrected chi connectivity index (χ4v) is 5.21. The molecule has 0 aliphatic rings. The average molecular weight is 443 g/mol. The molecule has 1 N–H and O–H groups in total. The molecule has 4 aromatic rings. The van der Waals surface area contributed by atoms with E-state index in [0.29, 0.717) is 0 Å². The predicted octanol–water partition coefficient (Wildman–Crippen LogP) is 7.42. The minimum atomic E-state index is -3.66. The van der Waals surface area contributed by atoms with Crippen molar-refractivity contribution in [3.63, 3.8) is 0 Å². The van der Waals surface area contributed by atoms with Gasteiger partial charge in [0, 0.05) is 5.69 Å². The quantitative estimate of drug-likeness (QED) is 0.259. The molecule has 0 fully saturated rings. The van der Waals surface area contributed by atoms with Crippen molar-refractivity contribution < 1.29 is 13.6 Å². The molecule has 4 nitrogen and oxygen atoms in total. The lowest BCUT2D eigenvalue weighted by Crippen LogP contribution is -2.15. The highest BCUT2D eigenvalue weighted by atomic mass is 31.2. The van der Waals surface area contributed by atoms with Crippen LogP contribution >= 0.6 is 7.60 Å². The van der Waals surface area contributed by atoms with Gasteiger partial charge < -0.3 is 14.4 Å².